The summed E-state index contributed by atoms with van der Waals surface area (Å²) in [5.41, 5.74) is 11.1. The Morgan fingerprint density at radius 1 is 1.07 bits per heavy atom. The van der Waals surface area contributed by atoms with Crippen LogP contribution in [0.4, 0.5) is 17.3 Å². The number of nitrogens with two attached hydrogens (primary N) is 1. The number of carbonyl (C=O) groups excluding carboxylic acids is 2. The Kier molecular flexibility index (Phi) is 6.71. The molecule has 4 N–H and O–H groups in total. The van der Waals surface area contributed by atoms with E-state index < -0.39 is 0 Å². The minimum atomic E-state index is -0.167. The third-order valence-electron chi connectivity index (χ3n) is 9.77. The highest BCUT2D eigenvalue weighted by molar-refractivity contribution is 6.00. The van der Waals surface area contributed by atoms with Crippen LogP contribution in [0.5, 0.6) is 5.75 Å². The summed E-state index contributed by atoms with van der Waals surface area (Å²) in [6.07, 6.45) is 6.09. The number of nitrogens with zero attached hydrogens (tertiary/aromatic N) is 6. The monoisotopic (exact) mass is 623 g/mol. The van der Waals surface area contributed by atoms with Gasteiger partial charge in [-0.05, 0) is 80.0 Å². The number of hydrogen-bond donors (Lipinski definition) is 3. The van der Waals surface area contributed by atoms with Crippen molar-refractivity contribution in [1.82, 2.24) is 29.0 Å². The van der Waals surface area contributed by atoms with E-state index >= 15 is 0 Å². The second-order valence-electron chi connectivity index (χ2n) is 12.9. The molecule has 0 spiro atoms. The van der Waals surface area contributed by atoms with Gasteiger partial charge >= 0.3 is 0 Å². The predicted molar refractivity (Wildman–Crippen MR) is 180 cm³/mol. The Morgan fingerprint density at radius 3 is 2.57 bits per heavy atom. The Balaban J connectivity index is 0.00000201. The highest BCUT2D eigenvalue weighted by Crippen LogP contribution is 2.40. The zero-order valence-corrected chi connectivity index (χ0v) is 26.2. The first-order valence-corrected chi connectivity index (χ1v) is 15.9. The Hall–Kier alpha value is -4.97. The van der Waals surface area contributed by atoms with Gasteiger partial charge in [0.15, 0.2) is 5.82 Å². The first-order chi connectivity index (χ1) is 22.3. The number of fused-ring (bicyclic) bond motifs is 4. The van der Waals surface area contributed by atoms with Gasteiger partial charge in [-0.3, -0.25) is 9.59 Å². The van der Waals surface area contributed by atoms with Crippen molar-refractivity contribution in [1.29, 1.82) is 0 Å². The summed E-state index contributed by atoms with van der Waals surface area (Å²) in [5, 5.41) is 7.03. The molecule has 46 heavy (non-hydrogen) atoms. The number of carbonyl (C=O) groups is 2. The van der Waals surface area contributed by atoms with E-state index in [-0.39, 0.29) is 26.8 Å². The van der Waals surface area contributed by atoms with Crippen LogP contribution >= 0.6 is 0 Å². The molecule has 2 amide bonds. The maximum Gasteiger partial charge on any atom is 0.254 e. The summed E-state index contributed by atoms with van der Waals surface area (Å²) in [6.45, 7) is 3.00. The molecule has 240 valence electrons. The number of ether oxygens (including phenoxy) is 1. The smallest absolute Gasteiger partial charge is 0.254 e. The van der Waals surface area contributed by atoms with Gasteiger partial charge in [-0.15, -0.1) is 0 Å². The Bertz CT molecular complexity index is 2020. The quantitative estimate of drug-likeness (QED) is 0.215. The number of imidazole rings is 1. The number of methoxy groups -OCH3 is 1. The molecule has 3 aliphatic rings. The molecule has 3 atom stereocenters. The van der Waals surface area contributed by atoms with E-state index in [4.69, 9.17) is 20.4 Å². The lowest BCUT2D eigenvalue weighted by molar-refractivity contribution is -0.114. The number of nitrogens with one attached hydrogen (secondary N) is 2. The van der Waals surface area contributed by atoms with Gasteiger partial charge in [0.05, 0.1) is 30.2 Å². The van der Waals surface area contributed by atoms with Gasteiger partial charge < -0.3 is 35.1 Å². The van der Waals surface area contributed by atoms with Crippen LogP contribution in [-0.2, 0) is 18.4 Å². The van der Waals surface area contributed by atoms with Crippen LogP contribution in [0, 0.1) is 11.8 Å². The van der Waals surface area contributed by atoms with Crippen molar-refractivity contribution >= 4 is 51.2 Å². The molecule has 2 unspecified atom stereocenters. The molecule has 0 radical (unpaired) electrons. The molecule has 1 saturated heterocycles. The van der Waals surface area contributed by atoms with Gasteiger partial charge in [-0.2, -0.15) is 0 Å². The third kappa shape index (κ3) is 4.84. The highest BCUT2D eigenvalue weighted by atomic mass is 16.5. The molecule has 5 heterocycles. The van der Waals surface area contributed by atoms with Gasteiger partial charge in [0.1, 0.15) is 28.5 Å². The van der Waals surface area contributed by atoms with Gasteiger partial charge in [-0.1, -0.05) is 0 Å². The Labute approximate surface area is 268 Å². The number of aryl methyl sites for hydroxylation is 1. The maximum atomic E-state index is 13.7. The van der Waals surface area contributed by atoms with E-state index in [0.717, 1.165) is 53.1 Å². The van der Waals surface area contributed by atoms with Crippen molar-refractivity contribution in [2.45, 2.75) is 51.2 Å². The summed E-state index contributed by atoms with van der Waals surface area (Å²) in [5.74, 6) is 3.37. The van der Waals surface area contributed by atoms with E-state index in [9.17, 15) is 9.59 Å². The third-order valence-corrected chi connectivity index (χ3v) is 9.77. The summed E-state index contributed by atoms with van der Waals surface area (Å²) in [6, 6.07) is 13.6. The molecule has 2 saturated carbocycles. The summed E-state index contributed by atoms with van der Waals surface area (Å²) >= 11 is 0. The number of hydrogen-bond acceptors (Lipinski definition) is 8. The van der Waals surface area contributed by atoms with Crippen LogP contribution in [-0.4, -0.2) is 66.5 Å². The molecule has 4 aromatic heterocycles. The fraction of sp³-hybridized carbons (Fsp3) is 0.382. The van der Waals surface area contributed by atoms with E-state index in [1.54, 1.807) is 19.4 Å². The highest BCUT2D eigenvalue weighted by Gasteiger charge is 2.47. The SMILES string of the molecule is COc1cc(C(=O)N2CC3CCC2[C@@H]3N)cc2nc(-c3cc4ccc(Nc5ccc(NC(C)=O)nc5)nc4n3CC3CC3)n(C)c12.[HH].[HH]. The molecule has 2 bridgehead atoms. The average Bonchev–Trinajstić information content (AvgIpc) is 3.46. The van der Waals surface area contributed by atoms with Crippen molar-refractivity contribution in [2.24, 2.45) is 24.6 Å². The first-order valence-electron chi connectivity index (χ1n) is 15.9. The van der Waals surface area contributed by atoms with Crippen LogP contribution in [0.2, 0.25) is 0 Å². The molecule has 5 aromatic rings. The zero-order valence-electron chi connectivity index (χ0n) is 26.2. The van der Waals surface area contributed by atoms with Crippen molar-refractivity contribution in [3.05, 3.63) is 54.2 Å². The lowest BCUT2D eigenvalue weighted by atomic mass is 10.1. The molecule has 12 nitrogen and oxygen atoms in total. The number of aromatic nitrogens is 5. The van der Waals surface area contributed by atoms with Crippen molar-refractivity contribution in [3.63, 3.8) is 0 Å². The van der Waals surface area contributed by atoms with E-state index in [1.807, 2.05) is 36.2 Å². The molecule has 12 heteroatoms. The zero-order chi connectivity index (χ0) is 31.7. The van der Waals surface area contributed by atoms with Gasteiger partial charge in [0, 0.05) is 52.9 Å². The molecule has 1 aliphatic heterocycles. The van der Waals surface area contributed by atoms with E-state index in [2.05, 4.69) is 36.9 Å². The molecular weight excluding hydrogens is 582 g/mol. The fourth-order valence-electron chi connectivity index (χ4n) is 7.26. The topological polar surface area (TPSA) is 145 Å². The minimum absolute atomic E-state index is 0. The van der Waals surface area contributed by atoms with Gasteiger partial charge in [0.25, 0.3) is 5.91 Å². The second kappa shape index (κ2) is 10.8. The molecule has 2 aliphatic carbocycles. The number of piperidine rings is 1. The summed E-state index contributed by atoms with van der Waals surface area (Å²) in [4.78, 5) is 41.5. The van der Waals surface area contributed by atoms with Crippen LogP contribution < -0.4 is 21.1 Å². The number of benzene rings is 1. The number of rotatable bonds is 8. The predicted octanol–water partition coefficient (Wildman–Crippen LogP) is 5.16. The van der Waals surface area contributed by atoms with Crippen LogP contribution in [0.1, 0.15) is 45.8 Å². The van der Waals surface area contributed by atoms with Crippen LogP contribution in [0.15, 0.2) is 48.7 Å². The second-order valence-corrected chi connectivity index (χ2v) is 12.9. The Morgan fingerprint density at radius 2 is 1.89 bits per heavy atom. The number of likely N-dealkylation sites (tertiary alicyclic amines) is 1. The number of pyridine rings is 2. The van der Waals surface area contributed by atoms with E-state index in [0.29, 0.717) is 46.8 Å². The molecular formula is C34H41N9O3. The largest absolute Gasteiger partial charge is 0.494 e. The molecule has 1 aromatic carbocycles. The van der Waals surface area contributed by atoms with Crippen molar-refractivity contribution < 1.29 is 17.2 Å². The van der Waals surface area contributed by atoms with Crippen molar-refractivity contribution in [3.8, 4) is 17.3 Å². The summed E-state index contributed by atoms with van der Waals surface area (Å²) in [7, 11) is 3.62. The normalized spacial score (nSPS) is 20.5. The van der Waals surface area contributed by atoms with Gasteiger partial charge in [0.2, 0.25) is 5.91 Å². The maximum absolute atomic E-state index is 13.7. The van der Waals surface area contributed by atoms with Crippen molar-refractivity contribution in [2.75, 3.05) is 24.3 Å². The molecule has 8 rings (SSSR count). The lowest BCUT2D eigenvalue weighted by Crippen LogP contribution is -2.41. The fourth-order valence-corrected chi connectivity index (χ4v) is 7.26. The van der Waals surface area contributed by atoms with Crippen LogP contribution in [0.25, 0.3) is 33.6 Å². The first kappa shape index (κ1) is 28.5. The van der Waals surface area contributed by atoms with E-state index in [1.165, 1.54) is 19.8 Å². The average molecular weight is 624 g/mol. The summed E-state index contributed by atoms with van der Waals surface area (Å²) < 4.78 is 10.2. The van der Waals surface area contributed by atoms with Gasteiger partial charge in [-0.25, -0.2) is 15.0 Å². The van der Waals surface area contributed by atoms with Crippen LogP contribution in [0.3, 0.4) is 0 Å². The number of anilines is 3. The standard InChI is InChI=1S/C34H37N9O3.2H2/c1-18(44)37-28-11-8-23(15-36-28)38-29-10-7-20-13-26(42(32(20)40-29)16-19-4-5-19)33-39-24-12-22(14-27(46-3)31(24)41(33)2)34(45)43-17-21-6-9-25(43)30(21)35;;/h7-8,10-15,19,21,25,30H,4-6,9,16-17,35H2,1-3H3,(H,38,40)(H,36,37,44);2*1H/t21?,25?,30-;;/m1../s1. The lowest BCUT2D eigenvalue weighted by Gasteiger charge is -2.27. The minimum Gasteiger partial charge on any atom is -0.494 e. The number of amides is 2. The molecule has 3 fully saturated rings.